The molecule has 1 aliphatic rings. The number of hydrogen-bond donors (Lipinski definition) is 2. The number of rotatable bonds is 5. The van der Waals surface area contributed by atoms with E-state index in [0.29, 0.717) is 23.6 Å². The van der Waals surface area contributed by atoms with Crippen LogP contribution in [0.25, 0.3) is 0 Å². The Bertz CT molecular complexity index is 481. The summed E-state index contributed by atoms with van der Waals surface area (Å²) in [5.41, 5.74) is 2.94. The average Bonchev–Trinajstić information content (AvgIpc) is 2.88. The summed E-state index contributed by atoms with van der Waals surface area (Å²) in [4.78, 5) is 13.6. The number of nitrogens with zero attached hydrogens (tertiary/aromatic N) is 1. The van der Waals surface area contributed by atoms with E-state index in [0.717, 1.165) is 26.1 Å². The molecule has 1 fully saturated rings. The lowest BCUT2D eigenvalue weighted by molar-refractivity contribution is 0.0953. The summed E-state index contributed by atoms with van der Waals surface area (Å²) in [5.74, 6) is 4.88. The van der Waals surface area contributed by atoms with E-state index in [2.05, 4.69) is 10.3 Å². The summed E-state index contributed by atoms with van der Waals surface area (Å²) in [5, 5.41) is 0. The van der Waals surface area contributed by atoms with Crippen LogP contribution in [0.5, 0.6) is 0 Å². The van der Waals surface area contributed by atoms with E-state index in [1.54, 1.807) is 13.2 Å². The molecule has 0 radical (unpaired) electrons. The standard InChI is InChI=1S/C14H20FN3O2/c1-20-9-10-4-5-18(7-10)8-12-6-11(14(19)17-16)2-3-13(12)15/h2-3,6,10H,4-5,7-9,16H2,1H3,(H,17,19). The summed E-state index contributed by atoms with van der Waals surface area (Å²) in [7, 11) is 1.69. The Kier molecular flexibility index (Phi) is 5.05. The molecule has 0 spiro atoms. The van der Waals surface area contributed by atoms with Crippen molar-refractivity contribution >= 4 is 5.91 Å². The van der Waals surface area contributed by atoms with Crippen LogP contribution in [0.4, 0.5) is 4.39 Å². The van der Waals surface area contributed by atoms with E-state index in [9.17, 15) is 9.18 Å². The number of halogens is 1. The zero-order chi connectivity index (χ0) is 14.5. The van der Waals surface area contributed by atoms with Crippen LogP contribution in [-0.4, -0.2) is 37.6 Å². The maximum absolute atomic E-state index is 13.8. The monoisotopic (exact) mass is 281 g/mol. The number of nitrogens with two attached hydrogens (primary N) is 1. The highest BCUT2D eigenvalue weighted by Crippen LogP contribution is 2.20. The molecule has 1 aromatic carbocycles. The molecule has 20 heavy (non-hydrogen) atoms. The minimum atomic E-state index is -0.412. The number of nitrogen functional groups attached to an aromatic ring is 1. The number of nitrogens with one attached hydrogen (secondary N) is 1. The predicted molar refractivity (Wildman–Crippen MR) is 73.3 cm³/mol. The van der Waals surface area contributed by atoms with E-state index in [4.69, 9.17) is 10.6 Å². The lowest BCUT2D eigenvalue weighted by Crippen LogP contribution is -2.30. The first-order valence-electron chi connectivity index (χ1n) is 6.64. The van der Waals surface area contributed by atoms with Gasteiger partial charge in [-0.3, -0.25) is 15.1 Å². The minimum absolute atomic E-state index is 0.297. The van der Waals surface area contributed by atoms with Crippen molar-refractivity contribution in [2.75, 3.05) is 26.8 Å². The highest BCUT2D eigenvalue weighted by molar-refractivity contribution is 5.93. The summed E-state index contributed by atoms with van der Waals surface area (Å²) in [6.45, 7) is 3.04. The first-order valence-corrected chi connectivity index (χ1v) is 6.64. The van der Waals surface area contributed by atoms with E-state index >= 15 is 0 Å². The summed E-state index contributed by atoms with van der Waals surface area (Å²) >= 11 is 0. The van der Waals surface area contributed by atoms with Gasteiger partial charge >= 0.3 is 0 Å². The summed E-state index contributed by atoms with van der Waals surface area (Å²) in [6.07, 6.45) is 1.05. The number of carbonyl (C=O) groups excluding carboxylic acids is 1. The molecule has 6 heteroatoms. The van der Waals surface area contributed by atoms with Gasteiger partial charge in [0.2, 0.25) is 0 Å². The van der Waals surface area contributed by atoms with Crippen LogP contribution in [0.2, 0.25) is 0 Å². The molecule has 5 nitrogen and oxygen atoms in total. The van der Waals surface area contributed by atoms with Crippen LogP contribution in [0.3, 0.4) is 0 Å². The number of methoxy groups -OCH3 is 1. The Morgan fingerprint density at radius 2 is 2.40 bits per heavy atom. The smallest absolute Gasteiger partial charge is 0.265 e. The van der Waals surface area contributed by atoms with Crippen molar-refractivity contribution < 1.29 is 13.9 Å². The summed E-state index contributed by atoms with van der Waals surface area (Å²) < 4.78 is 19.0. The minimum Gasteiger partial charge on any atom is -0.384 e. The second-order valence-corrected chi connectivity index (χ2v) is 5.12. The second-order valence-electron chi connectivity index (χ2n) is 5.12. The van der Waals surface area contributed by atoms with Crippen molar-refractivity contribution in [3.63, 3.8) is 0 Å². The average molecular weight is 281 g/mol. The van der Waals surface area contributed by atoms with E-state index in [-0.39, 0.29) is 5.82 Å². The zero-order valence-electron chi connectivity index (χ0n) is 11.6. The van der Waals surface area contributed by atoms with E-state index in [1.807, 2.05) is 0 Å². The number of hydrogen-bond acceptors (Lipinski definition) is 4. The fourth-order valence-electron chi connectivity index (χ4n) is 2.59. The van der Waals surface area contributed by atoms with Gasteiger partial charge in [0, 0.05) is 31.3 Å². The van der Waals surface area contributed by atoms with Crippen LogP contribution >= 0.6 is 0 Å². The van der Waals surface area contributed by atoms with E-state index in [1.165, 1.54) is 12.1 Å². The molecule has 2 rings (SSSR count). The molecular weight excluding hydrogens is 261 g/mol. The molecule has 1 atom stereocenters. The normalized spacial score (nSPS) is 19.2. The Morgan fingerprint density at radius 1 is 1.60 bits per heavy atom. The van der Waals surface area contributed by atoms with Gasteiger partial charge in [-0.15, -0.1) is 0 Å². The third-order valence-electron chi connectivity index (χ3n) is 3.61. The van der Waals surface area contributed by atoms with Gasteiger partial charge in [-0.1, -0.05) is 0 Å². The lowest BCUT2D eigenvalue weighted by Gasteiger charge is -2.17. The predicted octanol–water partition coefficient (Wildman–Crippen LogP) is 0.898. The molecule has 110 valence electrons. The largest absolute Gasteiger partial charge is 0.384 e. The number of carbonyl (C=O) groups is 1. The fraction of sp³-hybridized carbons (Fsp3) is 0.500. The van der Waals surface area contributed by atoms with Crippen molar-refractivity contribution in [1.82, 2.24) is 10.3 Å². The van der Waals surface area contributed by atoms with Crippen molar-refractivity contribution in [3.05, 3.63) is 35.1 Å². The quantitative estimate of drug-likeness (QED) is 0.478. The van der Waals surface area contributed by atoms with Gasteiger partial charge in [-0.2, -0.15) is 0 Å². The topological polar surface area (TPSA) is 67.6 Å². The Morgan fingerprint density at radius 3 is 3.10 bits per heavy atom. The third kappa shape index (κ3) is 3.53. The number of amides is 1. The van der Waals surface area contributed by atoms with Gasteiger partial charge < -0.3 is 4.74 Å². The molecular formula is C14H20FN3O2. The molecule has 1 amide bonds. The van der Waals surface area contributed by atoms with E-state index < -0.39 is 5.91 Å². The zero-order valence-corrected chi connectivity index (χ0v) is 11.6. The van der Waals surface area contributed by atoms with Gasteiger partial charge in [-0.05, 0) is 37.1 Å². The molecule has 1 aliphatic heterocycles. The van der Waals surface area contributed by atoms with Crippen LogP contribution in [0.15, 0.2) is 18.2 Å². The Hall–Kier alpha value is -1.50. The number of benzene rings is 1. The fourth-order valence-corrected chi connectivity index (χ4v) is 2.59. The van der Waals surface area contributed by atoms with Crippen molar-refractivity contribution in [3.8, 4) is 0 Å². The van der Waals surface area contributed by atoms with Crippen LogP contribution in [-0.2, 0) is 11.3 Å². The molecule has 1 unspecified atom stereocenters. The van der Waals surface area contributed by atoms with Gasteiger partial charge in [0.05, 0.1) is 6.61 Å². The molecule has 1 heterocycles. The van der Waals surface area contributed by atoms with Crippen molar-refractivity contribution in [1.29, 1.82) is 0 Å². The summed E-state index contributed by atoms with van der Waals surface area (Å²) in [6, 6.07) is 4.29. The van der Waals surface area contributed by atoms with Crippen molar-refractivity contribution in [2.45, 2.75) is 13.0 Å². The molecule has 1 saturated heterocycles. The van der Waals surface area contributed by atoms with Crippen LogP contribution in [0.1, 0.15) is 22.3 Å². The molecule has 0 aliphatic carbocycles. The van der Waals surface area contributed by atoms with Crippen LogP contribution in [0, 0.1) is 11.7 Å². The first-order chi connectivity index (χ1) is 9.63. The van der Waals surface area contributed by atoms with Crippen LogP contribution < -0.4 is 11.3 Å². The second kappa shape index (κ2) is 6.78. The molecule has 1 aromatic rings. The maximum Gasteiger partial charge on any atom is 0.265 e. The highest BCUT2D eigenvalue weighted by Gasteiger charge is 2.23. The SMILES string of the molecule is COCC1CCN(Cc2cc(C(=O)NN)ccc2F)C1. The molecule has 0 saturated carbocycles. The molecule has 3 N–H and O–H groups in total. The number of hydrazine groups is 1. The van der Waals surface area contributed by atoms with Gasteiger partial charge in [0.25, 0.3) is 5.91 Å². The maximum atomic E-state index is 13.8. The van der Waals surface area contributed by atoms with Crippen molar-refractivity contribution in [2.24, 2.45) is 11.8 Å². The highest BCUT2D eigenvalue weighted by atomic mass is 19.1. The molecule has 0 aromatic heterocycles. The third-order valence-corrected chi connectivity index (χ3v) is 3.61. The number of ether oxygens (including phenoxy) is 1. The molecule has 0 bridgehead atoms. The lowest BCUT2D eigenvalue weighted by atomic mass is 10.1. The van der Waals surface area contributed by atoms with Gasteiger partial charge in [-0.25, -0.2) is 10.2 Å². The first kappa shape index (κ1) is 14.9. The van der Waals surface area contributed by atoms with Gasteiger partial charge in [0.15, 0.2) is 0 Å². The Labute approximate surface area is 117 Å². The number of likely N-dealkylation sites (tertiary alicyclic amines) is 1. The van der Waals surface area contributed by atoms with Gasteiger partial charge in [0.1, 0.15) is 5.82 Å². The Balaban J connectivity index is 2.04.